The van der Waals surface area contributed by atoms with Crippen LogP contribution in [0.2, 0.25) is 0 Å². The molecule has 0 spiro atoms. The summed E-state index contributed by atoms with van der Waals surface area (Å²) >= 11 is 0. The number of nitrogens with zero attached hydrogens (tertiary/aromatic N) is 1. The topological polar surface area (TPSA) is 65.6 Å². The average molecular weight is 298 g/mol. The number of piperidine rings is 1. The molecular weight excluding hydrogens is 268 g/mol. The zero-order chi connectivity index (χ0) is 15.1. The van der Waals surface area contributed by atoms with Gasteiger partial charge in [-0.3, -0.25) is 9.69 Å². The molecule has 2 atom stereocenters. The molecule has 0 aliphatic carbocycles. The minimum absolute atomic E-state index is 0.109. The van der Waals surface area contributed by atoms with Crippen LogP contribution in [0.25, 0.3) is 0 Å². The van der Waals surface area contributed by atoms with Crippen molar-refractivity contribution < 1.29 is 9.53 Å². The minimum atomic E-state index is 0.109. The van der Waals surface area contributed by atoms with Gasteiger partial charge in [0.15, 0.2) is 0 Å². The highest BCUT2D eigenvalue weighted by molar-refractivity contribution is 5.77. The fourth-order valence-corrected chi connectivity index (χ4v) is 3.21. The van der Waals surface area contributed by atoms with E-state index in [1.165, 1.54) is 0 Å². The van der Waals surface area contributed by atoms with Gasteiger partial charge in [-0.05, 0) is 26.2 Å². The van der Waals surface area contributed by atoms with Crippen molar-refractivity contribution in [3.63, 3.8) is 0 Å². The molecule has 2 aliphatic heterocycles. The Balaban J connectivity index is 1.62. The lowest BCUT2D eigenvalue weighted by Crippen LogP contribution is -2.50. The molecule has 122 valence electrons. The smallest absolute Gasteiger partial charge is 0.233 e. The Labute approximate surface area is 128 Å². The first kappa shape index (κ1) is 16.7. The summed E-state index contributed by atoms with van der Waals surface area (Å²) in [5, 5.41) is 9.92. The zero-order valence-corrected chi connectivity index (χ0v) is 13.4. The van der Waals surface area contributed by atoms with E-state index < -0.39 is 0 Å². The summed E-state index contributed by atoms with van der Waals surface area (Å²) < 4.78 is 5.50. The number of amides is 1. The van der Waals surface area contributed by atoms with E-state index >= 15 is 0 Å². The first-order valence-electron chi connectivity index (χ1n) is 8.17. The second kappa shape index (κ2) is 8.68. The lowest BCUT2D eigenvalue weighted by atomic mass is 10.0. The number of rotatable bonds is 6. The third kappa shape index (κ3) is 5.90. The van der Waals surface area contributed by atoms with E-state index in [4.69, 9.17) is 4.74 Å². The van der Waals surface area contributed by atoms with Crippen LogP contribution in [-0.4, -0.2) is 75.4 Å². The maximum atomic E-state index is 11.4. The van der Waals surface area contributed by atoms with Crippen molar-refractivity contribution in [2.45, 2.75) is 44.3 Å². The Hall–Kier alpha value is -0.690. The third-order valence-electron chi connectivity index (χ3n) is 4.39. The Bertz CT molecular complexity index is 313. The molecule has 0 radical (unpaired) electrons. The highest BCUT2D eigenvalue weighted by Gasteiger charge is 2.23. The molecule has 2 fully saturated rings. The number of hydrogen-bond donors (Lipinski definition) is 3. The summed E-state index contributed by atoms with van der Waals surface area (Å²) in [5.74, 6) is 0.109. The number of morpholine rings is 1. The predicted octanol–water partition coefficient (Wildman–Crippen LogP) is -0.447. The standard InChI is InChI=1S/C15H30N4O2/c1-12(9-14-11-21-8-5-17-14)18-13-3-6-19(7-4-13)10-15(20)16-2/h12-14,17-18H,3-11H2,1-2H3,(H,16,20). The number of hydrogen-bond acceptors (Lipinski definition) is 5. The maximum Gasteiger partial charge on any atom is 0.233 e. The molecule has 3 N–H and O–H groups in total. The fraction of sp³-hybridized carbons (Fsp3) is 0.933. The van der Waals surface area contributed by atoms with E-state index in [2.05, 4.69) is 27.8 Å². The predicted molar refractivity (Wildman–Crippen MR) is 83.4 cm³/mol. The Morgan fingerprint density at radius 2 is 2.19 bits per heavy atom. The molecule has 0 aromatic carbocycles. The number of likely N-dealkylation sites (tertiary alicyclic amines) is 1. The van der Waals surface area contributed by atoms with Crippen molar-refractivity contribution in [2.75, 3.05) is 46.4 Å². The molecule has 6 heteroatoms. The molecule has 0 bridgehead atoms. The van der Waals surface area contributed by atoms with Crippen LogP contribution in [0.1, 0.15) is 26.2 Å². The zero-order valence-electron chi connectivity index (χ0n) is 13.4. The normalized spacial score (nSPS) is 26.5. The first-order valence-corrected chi connectivity index (χ1v) is 8.17. The van der Waals surface area contributed by atoms with Crippen LogP contribution in [0.15, 0.2) is 0 Å². The van der Waals surface area contributed by atoms with Crippen LogP contribution in [0.3, 0.4) is 0 Å². The quantitative estimate of drug-likeness (QED) is 0.620. The van der Waals surface area contributed by atoms with Gasteiger partial charge in [0.05, 0.1) is 19.8 Å². The summed E-state index contributed by atoms with van der Waals surface area (Å²) in [6, 6.07) is 1.56. The van der Waals surface area contributed by atoms with Gasteiger partial charge in [0.2, 0.25) is 5.91 Å². The molecule has 6 nitrogen and oxygen atoms in total. The van der Waals surface area contributed by atoms with Gasteiger partial charge in [0.1, 0.15) is 0 Å². The average Bonchev–Trinajstić information content (AvgIpc) is 2.50. The molecule has 21 heavy (non-hydrogen) atoms. The SMILES string of the molecule is CNC(=O)CN1CCC(NC(C)CC2COCCN2)CC1. The van der Waals surface area contributed by atoms with E-state index in [1.54, 1.807) is 7.05 Å². The molecule has 0 saturated carbocycles. The molecule has 0 aromatic rings. The highest BCUT2D eigenvalue weighted by Crippen LogP contribution is 2.12. The van der Waals surface area contributed by atoms with Crippen LogP contribution in [-0.2, 0) is 9.53 Å². The largest absolute Gasteiger partial charge is 0.379 e. The third-order valence-corrected chi connectivity index (χ3v) is 4.39. The van der Waals surface area contributed by atoms with Gasteiger partial charge < -0.3 is 20.7 Å². The van der Waals surface area contributed by atoms with Gasteiger partial charge in [0.25, 0.3) is 0 Å². The molecule has 0 aromatic heterocycles. The molecule has 2 unspecified atom stereocenters. The van der Waals surface area contributed by atoms with Crippen molar-refractivity contribution in [2.24, 2.45) is 0 Å². The first-order chi connectivity index (χ1) is 10.2. The second-order valence-electron chi connectivity index (χ2n) is 6.25. The van der Waals surface area contributed by atoms with Crippen molar-refractivity contribution >= 4 is 5.91 Å². The van der Waals surface area contributed by atoms with Crippen molar-refractivity contribution in [3.8, 4) is 0 Å². The summed E-state index contributed by atoms with van der Waals surface area (Å²) in [6.07, 6.45) is 3.35. The summed E-state index contributed by atoms with van der Waals surface area (Å²) in [6.45, 7) is 7.43. The minimum Gasteiger partial charge on any atom is -0.379 e. The van der Waals surface area contributed by atoms with Crippen LogP contribution < -0.4 is 16.0 Å². The molecule has 2 saturated heterocycles. The Kier molecular flexibility index (Phi) is 6.89. The number of likely N-dealkylation sites (N-methyl/N-ethyl adjacent to an activating group) is 1. The number of nitrogens with one attached hydrogen (secondary N) is 3. The second-order valence-corrected chi connectivity index (χ2v) is 6.25. The van der Waals surface area contributed by atoms with Crippen molar-refractivity contribution in [1.82, 2.24) is 20.9 Å². The molecular formula is C15H30N4O2. The fourth-order valence-electron chi connectivity index (χ4n) is 3.21. The van der Waals surface area contributed by atoms with Gasteiger partial charge in [-0.25, -0.2) is 0 Å². The van der Waals surface area contributed by atoms with E-state index in [1.807, 2.05) is 0 Å². The molecule has 2 heterocycles. The van der Waals surface area contributed by atoms with Crippen LogP contribution >= 0.6 is 0 Å². The number of carbonyl (C=O) groups excluding carboxylic acids is 1. The van der Waals surface area contributed by atoms with E-state index in [-0.39, 0.29) is 5.91 Å². The Morgan fingerprint density at radius 3 is 2.81 bits per heavy atom. The van der Waals surface area contributed by atoms with Crippen molar-refractivity contribution in [1.29, 1.82) is 0 Å². The molecule has 1 amide bonds. The van der Waals surface area contributed by atoms with Crippen LogP contribution in [0.4, 0.5) is 0 Å². The van der Waals surface area contributed by atoms with Crippen molar-refractivity contribution in [3.05, 3.63) is 0 Å². The lowest BCUT2D eigenvalue weighted by Gasteiger charge is -2.34. The van der Waals surface area contributed by atoms with Gasteiger partial charge in [-0.1, -0.05) is 0 Å². The van der Waals surface area contributed by atoms with Gasteiger partial charge in [-0.15, -0.1) is 0 Å². The number of ether oxygens (including phenoxy) is 1. The van der Waals surface area contributed by atoms with Gasteiger partial charge >= 0.3 is 0 Å². The Morgan fingerprint density at radius 1 is 1.43 bits per heavy atom. The van der Waals surface area contributed by atoms with Crippen LogP contribution in [0, 0.1) is 0 Å². The van der Waals surface area contributed by atoms with Crippen LogP contribution in [0.5, 0.6) is 0 Å². The summed E-state index contributed by atoms with van der Waals surface area (Å²) in [4.78, 5) is 13.6. The summed E-state index contributed by atoms with van der Waals surface area (Å²) in [5.41, 5.74) is 0. The monoisotopic (exact) mass is 298 g/mol. The van der Waals surface area contributed by atoms with E-state index in [9.17, 15) is 4.79 Å². The lowest BCUT2D eigenvalue weighted by molar-refractivity contribution is -0.122. The molecule has 2 rings (SSSR count). The molecule has 2 aliphatic rings. The highest BCUT2D eigenvalue weighted by atomic mass is 16.5. The van der Waals surface area contributed by atoms with Gasteiger partial charge in [0, 0.05) is 44.8 Å². The van der Waals surface area contributed by atoms with E-state index in [0.717, 1.165) is 52.1 Å². The summed E-state index contributed by atoms with van der Waals surface area (Å²) in [7, 11) is 1.70. The van der Waals surface area contributed by atoms with E-state index in [0.29, 0.717) is 24.7 Å². The van der Waals surface area contributed by atoms with Gasteiger partial charge in [-0.2, -0.15) is 0 Å². The maximum absolute atomic E-state index is 11.4. The number of carbonyl (C=O) groups is 1.